The fourth-order valence-electron chi connectivity index (χ4n) is 1.96. The van der Waals surface area contributed by atoms with Crippen molar-refractivity contribution >= 4 is 29.2 Å². The number of rotatable bonds is 6. The summed E-state index contributed by atoms with van der Waals surface area (Å²) in [6.45, 7) is 1.98. The molecule has 0 aliphatic rings. The second-order valence-corrected chi connectivity index (χ2v) is 5.61. The van der Waals surface area contributed by atoms with Crippen molar-refractivity contribution in [3.8, 4) is 0 Å². The number of methoxy groups -OCH3 is 1. The third kappa shape index (κ3) is 5.08. The van der Waals surface area contributed by atoms with Crippen LogP contribution in [0.4, 0.5) is 5.69 Å². The predicted molar refractivity (Wildman–Crippen MR) is 92.1 cm³/mol. The molecule has 0 aliphatic carbocycles. The highest BCUT2D eigenvalue weighted by atomic mass is 35.5. The normalized spacial score (nSPS) is 11.6. The van der Waals surface area contributed by atoms with E-state index in [2.05, 4.69) is 5.32 Å². The van der Waals surface area contributed by atoms with Crippen LogP contribution in [0.25, 0.3) is 0 Å². The zero-order valence-electron chi connectivity index (χ0n) is 13.4. The van der Waals surface area contributed by atoms with Gasteiger partial charge in [-0.25, -0.2) is 4.79 Å². The number of nitrogens with one attached hydrogen (secondary N) is 1. The maximum atomic E-state index is 12.1. The standard InChI is InChI=1S/C18H18ClNO4/c1-12(17(21)20-16-9-7-15(19)8-10-16)24-18(22)14-5-3-13(4-6-14)11-23-2/h3-10,12H,11H2,1-2H3,(H,20,21)/t12-/m1/s1. The Kier molecular flexibility index (Phi) is 6.35. The molecule has 0 radical (unpaired) electrons. The molecule has 0 aliphatic heterocycles. The Morgan fingerprint density at radius 3 is 2.29 bits per heavy atom. The molecular formula is C18H18ClNO4. The van der Waals surface area contributed by atoms with Crippen molar-refractivity contribution in [3.63, 3.8) is 0 Å². The van der Waals surface area contributed by atoms with E-state index in [0.29, 0.717) is 22.9 Å². The first-order valence-electron chi connectivity index (χ1n) is 7.35. The van der Waals surface area contributed by atoms with E-state index >= 15 is 0 Å². The van der Waals surface area contributed by atoms with Gasteiger partial charge in [0.1, 0.15) is 0 Å². The fraction of sp³-hybridized carbons (Fsp3) is 0.222. The zero-order valence-corrected chi connectivity index (χ0v) is 14.2. The van der Waals surface area contributed by atoms with E-state index in [-0.39, 0.29) is 0 Å². The third-order valence-electron chi connectivity index (χ3n) is 3.27. The van der Waals surface area contributed by atoms with Crippen molar-refractivity contribution < 1.29 is 19.1 Å². The Balaban J connectivity index is 1.92. The van der Waals surface area contributed by atoms with Gasteiger partial charge in [-0.1, -0.05) is 23.7 Å². The van der Waals surface area contributed by atoms with Crippen LogP contribution in [0.2, 0.25) is 5.02 Å². The van der Waals surface area contributed by atoms with E-state index in [4.69, 9.17) is 21.1 Å². The lowest BCUT2D eigenvalue weighted by atomic mass is 10.1. The lowest BCUT2D eigenvalue weighted by Gasteiger charge is -2.13. The van der Waals surface area contributed by atoms with Crippen LogP contribution in [0.15, 0.2) is 48.5 Å². The monoisotopic (exact) mass is 347 g/mol. The average molecular weight is 348 g/mol. The predicted octanol–water partition coefficient (Wildman–Crippen LogP) is 3.67. The second kappa shape index (κ2) is 8.47. The Hall–Kier alpha value is -2.37. The van der Waals surface area contributed by atoms with Crippen LogP contribution in [-0.4, -0.2) is 25.1 Å². The number of benzene rings is 2. The van der Waals surface area contributed by atoms with Crippen LogP contribution in [0.5, 0.6) is 0 Å². The van der Waals surface area contributed by atoms with Gasteiger partial charge >= 0.3 is 5.97 Å². The Bertz CT molecular complexity index is 698. The maximum Gasteiger partial charge on any atom is 0.338 e. The summed E-state index contributed by atoms with van der Waals surface area (Å²) in [5.41, 5.74) is 1.90. The number of hydrogen-bond acceptors (Lipinski definition) is 4. The summed E-state index contributed by atoms with van der Waals surface area (Å²) in [7, 11) is 1.60. The SMILES string of the molecule is COCc1ccc(C(=O)O[C@H](C)C(=O)Nc2ccc(Cl)cc2)cc1. The van der Waals surface area contributed by atoms with Gasteiger partial charge in [0.25, 0.3) is 5.91 Å². The second-order valence-electron chi connectivity index (χ2n) is 5.17. The number of halogens is 1. The lowest BCUT2D eigenvalue weighted by molar-refractivity contribution is -0.123. The smallest absolute Gasteiger partial charge is 0.338 e. The van der Waals surface area contributed by atoms with Crippen LogP contribution in [-0.2, 0) is 20.9 Å². The molecule has 0 spiro atoms. The van der Waals surface area contributed by atoms with Gasteiger partial charge in [0.05, 0.1) is 12.2 Å². The molecule has 2 aromatic rings. The molecule has 1 N–H and O–H groups in total. The molecular weight excluding hydrogens is 330 g/mol. The topological polar surface area (TPSA) is 64.6 Å². The molecule has 0 fully saturated rings. The van der Waals surface area contributed by atoms with E-state index < -0.39 is 18.0 Å². The Morgan fingerprint density at radius 2 is 1.71 bits per heavy atom. The highest BCUT2D eigenvalue weighted by Gasteiger charge is 2.19. The van der Waals surface area contributed by atoms with E-state index in [1.54, 1.807) is 55.6 Å². The molecule has 0 aromatic heterocycles. The van der Waals surface area contributed by atoms with Crippen LogP contribution < -0.4 is 5.32 Å². The number of anilines is 1. The van der Waals surface area contributed by atoms with Crippen molar-refractivity contribution in [2.75, 3.05) is 12.4 Å². The summed E-state index contributed by atoms with van der Waals surface area (Å²) < 4.78 is 10.2. The minimum Gasteiger partial charge on any atom is -0.449 e. The highest BCUT2D eigenvalue weighted by molar-refractivity contribution is 6.30. The van der Waals surface area contributed by atoms with Gasteiger partial charge in [-0.15, -0.1) is 0 Å². The van der Waals surface area contributed by atoms with Crippen LogP contribution in [0.1, 0.15) is 22.8 Å². The minimum absolute atomic E-state index is 0.376. The number of hydrogen-bond donors (Lipinski definition) is 1. The van der Waals surface area contributed by atoms with Crippen LogP contribution in [0, 0.1) is 0 Å². The van der Waals surface area contributed by atoms with Gasteiger partial charge in [-0.3, -0.25) is 4.79 Å². The van der Waals surface area contributed by atoms with Gasteiger partial charge in [0, 0.05) is 17.8 Å². The number of amides is 1. The minimum atomic E-state index is -0.924. The molecule has 126 valence electrons. The summed E-state index contributed by atoms with van der Waals surface area (Å²) in [4.78, 5) is 24.1. The molecule has 2 aromatic carbocycles. The number of carbonyl (C=O) groups is 2. The van der Waals surface area contributed by atoms with Gasteiger partial charge in [0.2, 0.25) is 0 Å². The summed E-state index contributed by atoms with van der Waals surface area (Å²) in [5.74, 6) is -0.973. The van der Waals surface area contributed by atoms with E-state index in [9.17, 15) is 9.59 Å². The fourth-order valence-corrected chi connectivity index (χ4v) is 2.09. The van der Waals surface area contributed by atoms with Crippen molar-refractivity contribution in [3.05, 3.63) is 64.7 Å². The first kappa shape index (κ1) is 18.0. The molecule has 0 saturated heterocycles. The molecule has 0 heterocycles. The largest absolute Gasteiger partial charge is 0.449 e. The molecule has 2 rings (SSSR count). The van der Waals surface area contributed by atoms with Crippen molar-refractivity contribution in [2.45, 2.75) is 19.6 Å². The first-order valence-corrected chi connectivity index (χ1v) is 7.72. The van der Waals surface area contributed by atoms with Gasteiger partial charge in [-0.05, 0) is 48.9 Å². The molecule has 1 atom stereocenters. The molecule has 0 unspecified atom stereocenters. The van der Waals surface area contributed by atoms with E-state index in [1.165, 1.54) is 6.92 Å². The molecule has 24 heavy (non-hydrogen) atoms. The van der Waals surface area contributed by atoms with Crippen LogP contribution >= 0.6 is 11.6 Å². The number of ether oxygens (including phenoxy) is 2. The van der Waals surface area contributed by atoms with Gasteiger partial charge in [-0.2, -0.15) is 0 Å². The van der Waals surface area contributed by atoms with Gasteiger partial charge in [0.15, 0.2) is 6.10 Å². The quantitative estimate of drug-likeness (QED) is 0.810. The van der Waals surface area contributed by atoms with Crippen LogP contribution in [0.3, 0.4) is 0 Å². The Morgan fingerprint density at radius 1 is 1.08 bits per heavy atom. The van der Waals surface area contributed by atoms with E-state index in [1.807, 2.05) is 0 Å². The van der Waals surface area contributed by atoms with E-state index in [0.717, 1.165) is 5.56 Å². The molecule has 0 bridgehead atoms. The highest BCUT2D eigenvalue weighted by Crippen LogP contribution is 2.14. The number of esters is 1. The molecule has 1 amide bonds. The van der Waals surface area contributed by atoms with Crippen molar-refractivity contribution in [1.82, 2.24) is 0 Å². The lowest BCUT2D eigenvalue weighted by Crippen LogP contribution is -2.30. The third-order valence-corrected chi connectivity index (χ3v) is 3.52. The van der Waals surface area contributed by atoms with Gasteiger partial charge < -0.3 is 14.8 Å². The first-order chi connectivity index (χ1) is 11.5. The summed E-state index contributed by atoms with van der Waals surface area (Å²) in [6.07, 6.45) is -0.924. The number of carbonyl (C=O) groups excluding carboxylic acids is 2. The molecule has 6 heteroatoms. The summed E-state index contributed by atoms with van der Waals surface area (Å²) in [5, 5.41) is 3.23. The molecule has 0 saturated carbocycles. The Labute approximate surface area is 145 Å². The zero-order chi connectivity index (χ0) is 17.5. The van der Waals surface area contributed by atoms with Crippen molar-refractivity contribution in [2.24, 2.45) is 0 Å². The maximum absolute atomic E-state index is 12.1. The summed E-state index contributed by atoms with van der Waals surface area (Å²) in [6, 6.07) is 13.5. The van der Waals surface area contributed by atoms with Crippen molar-refractivity contribution in [1.29, 1.82) is 0 Å². The molecule has 5 nitrogen and oxygen atoms in total. The average Bonchev–Trinajstić information content (AvgIpc) is 2.57. The summed E-state index contributed by atoms with van der Waals surface area (Å²) >= 11 is 5.79.